The van der Waals surface area contributed by atoms with E-state index in [9.17, 15) is 4.79 Å². The molecule has 1 aromatic heterocycles. The van der Waals surface area contributed by atoms with Crippen molar-refractivity contribution in [3.63, 3.8) is 0 Å². The van der Waals surface area contributed by atoms with E-state index in [-0.39, 0.29) is 24.2 Å². The van der Waals surface area contributed by atoms with E-state index in [2.05, 4.69) is 15.3 Å². The molecule has 6 heteroatoms. The zero-order valence-electron chi connectivity index (χ0n) is 8.36. The predicted molar refractivity (Wildman–Crippen MR) is 59.8 cm³/mol. The summed E-state index contributed by atoms with van der Waals surface area (Å²) in [6.45, 7) is 1.79. The van der Waals surface area contributed by atoms with E-state index in [0.29, 0.717) is 11.6 Å². The van der Waals surface area contributed by atoms with Gasteiger partial charge in [0.15, 0.2) is 0 Å². The van der Waals surface area contributed by atoms with E-state index >= 15 is 0 Å². The highest BCUT2D eigenvalue weighted by Gasteiger charge is 2.30. The minimum atomic E-state index is 0. The molecular formula is C9H13ClN4O. The van der Waals surface area contributed by atoms with Gasteiger partial charge in [-0.25, -0.2) is 9.97 Å². The minimum absolute atomic E-state index is 0. The second-order valence-corrected chi connectivity index (χ2v) is 3.50. The SMILES string of the molecule is Cc1c(N)ncnc1NC(=O)C1CC1.Cl. The van der Waals surface area contributed by atoms with Crippen LogP contribution in [0.15, 0.2) is 6.33 Å². The number of nitrogens with zero attached hydrogens (tertiary/aromatic N) is 2. The van der Waals surface area contributed by atoms with Crippen molar-refractivity contribution < 1.29 is 4.79 Å². The quantitative estimate of drug-likeness (QED) is 0.795. The molecule has 1 heterocycles. The first kappa shape index (κ1) is 11.7. The molecule has 15 heavy (non-hydrogen) atoms. The van der Waals surface area contributed by atoms with Gasteiger partial charge in [-0.15, -0.1) is 12.4 Å². The Bertz CT molecular complexity index is 378. The molecule has 0 unspecified atom stereocenters. The summed E-state index contributed by atoms with van der Waals surface area (Å²) >= 11 is 0. The first-order valence-electron chi connectivity index (χ1n) is 4.56. The number of aromatic nitrogens is 2. The van der Waals surface area contributed by atoms with Crippen LogP contribution >= 0.6 is 12.4 Å². The van der Waals surface area contributed by atoms with Crippen LogP contribution in [-0.2, 0) is 4.79 Å². The molecule has 0 aliphatic heterocycles. The Morgan fingerprint density at radius 1 is 1.53 bits per heavy atom. The highest BCUT2D eigenvalue weighted by molar-refractivity contribution is 5.94. The number of rotatable bonds is 2. The topological polar surface area (TPSA) is 80.9 Å². The number of hydrogen-bond acceptors (Lipinski definition) is 4. The highest BCUT2D eigenvalue weighted by atomic mass is 35.5. The average molecular weight is 229 g/mol. The lowest BCUT2D eigenvalue weighted by molar-refractivity contribution is -0.117. The van der Waals surface area contributed by atoms with E-state index in [1.54, 1.807) is 6.92 Å². The number of nitrogens with one attached hydrogen (secondary N) is 1. The molecule has 0 atom stereocenters. The van der Waals surface area contributed by atoms with Crippen molar-refractivity contribution in [1.29, 1.82) is 0 Å². The number of carbonyl (C=O) groups is 1. The number of halogens is 1. The lowest BCUT2D eigenvalue weighted by Crippen LogP contribution is -2.16. The zero-order chi connectivity index (χ0) is 10.1. The molecule has 0 saturated heterocycles. The Labute approximate surface area is 93.9 Å². The molecule has 1 aliphatic carbocycles. The molecule has 1 aliphatic rings. The molecule has 1 amide bonds. The van der Waals surface area contributed by atoms with Crippen molar-refractivity contribution in [3.8, 4) is 0 Å². The van der Waals surface area contributed by atoms with Crippen LogP contribution in [0.3, 0.4) is 0 Å². The maximum atomic E-state index is 11.4. The first-order valence-corrected chi connectivity index (χ1v) is 4.56. The fourth-order valence-corrected chi connectivity index (χ4v) is 1.15. The van der Waals surface area contributed by atoms with Crippen molar-refractivity contribution in [2.45, 2.75) is 19.8 Å². The Hall–Kier alpha value is -1.36. The molecule has 1 aromatic rings. The lowest BCUT2D eigenvalue weighted by Gasteiger charge is -2.06. The highest BCUT2D eigenvalue weighted by Crippen LogP contribution is 2.30. The van der Waals surface area contributed by atoms with E-state index in [1.807, 2.05) is 0 Å². The standard InChI is InChI=1S/C9H12N4O.ClH/c1-5-7(10)11-4-12-8(5)13-9(14)6-2-3-6;/h4,6H,2-3H2,1H3,(H3,10,11,12,13,14);1H. The third-order valence-electron chi connectivity index (χ3n) is 2.31. The molecule has 1 saturated carbocycles. The van der Waals surface area contributed by atoms with Crippen LogP contribution in [-0.4, -0.2) is 15.9 Å². The molecule has 0 spiro atoms. The van der Waals surface area contributed by atoms with Gasteiger partial charge in [0.25, 0.3) is 0 Å². The van der Waals surface area contributed by atoms with Crippen molar-refractivity contribution in [2.24, 2.45) is 5.92 Å². The summed E-state index contributed by atoms with van der Waals surface area (Å²) in [5.74, 6) is 1.14. The van der Waals surface area contributed by atoms with Crippen LogP contribution in [0, 0.1) is 12.8 Å². The van der Waals surface area contributed by atoms with Gasteiger partial charge in [-0.3, -0.25) is 4.79 Å². The summed E-state index contributed by atoms with van der Waals surface area (Å²) in [5, 5.41) is 2.74. The number of hydrogen-bond donors (Lipinski definition) is 2. The number of nitrogens with two attached hydrogens (primary N) is 1. The van der Waals surface area contributed by atoms with Crippen LogP contribution in [0.25, 0.3) is 0 Å². The molecule has 0 bridgehead atoms. The molecule has 1 fully saturated rings. The van der Waals surface area contributed by atoms with Crippen LogP contribution < -0.4 is 11.1 Å². The smallest absolute Gasteiger partial charge is 0.228 e. The predicted octanol–water partition coefficient (Wildman–Crippen LogP) is 1.14. The van der Waals surface area contributed by atoms with Crippen LogP contribution in [0.2, 0.25) is 0 Å². The summed E-state index contributed by atoms with van der Waals surface area (Å²) in [5.41, 5.74) is 6.31. The summed E-state index contributed by atoms with van der Waals surface area (Å²) in [6.07, 6.45) is 3.31. The number of carbonyl (C=O) groups excluding carboxylic acids is 1. The second-order valence-electron chi connectivity index (χ2n) is 3.50. The van der Waals surface area contributed by atoms with Crippen molar-refractivity contribution in [3.05, 3.63) is 11.9 Å². The maximum Gasteiger partial charge on any atom is 0.228 e. The molecule has 0 aromatic carbocycles. The Morgan fingerprint density at radius 2 is 2.20 bits per heavy atom. The molecule has 2 rings (SSSR count). The number of amides is 1. The third-order valence-corrected chi connectivity index (χ3v) is 2.31. The Balaban J connectivity index is 0.00000112. The number of anilines is 2. The van der Waals surface area contributed by atoms with Gasteiger partial charge in [-0.1, -0.05) is 0 Å². The van der Waals surface area contributed by atoms with Crippen LogP contribution in [0.4, 0.5) is 11.6 Å². The minimum Gasteiger partial charge on any atom is -0.383 e. The number of nitrogen functional groups attached to an aromatic ring is 1. The largest absolute Gasteiger partial charge is 0.383 e. The first-order chi connectivity index (χ1) is 6.68. The van der Waals surface area contributed by atoms with Crippen molar-refractivity contribution >= 4 is 29.9 Å². The molecule has 3 N–H and O–H groups in total. The van der Waals surface area contributed by atoms with E-state index in [1.165, 1.54) is 6.33 Å². The summed E-state index contributed by atoms with van der Waals surface area (Å²) in [6, 6.07) is 0. The molecular weight excluding hydrogens is 216 g/mol. The van der Waals surface area contributed by atoms with Gasteiger partial charge >= 0.3 is 0 Å². The van der Waals surface area contributed by atoms with Crippen LogP contribution in [0.5, 0.6) is 0 Å². The summed E-state index contributed by atoms with van der Waals surface area (Å²) < 4.78 is 0. The molecule has 82 valence electrons. The van der Waals surface area contributed by atoms with Gasteiger partial charge in [0.2, 0.25) is 5.91 Å². The van der Waals surface area contributed by atoms with Crippen molar-refractivity contribution in [2.75, 3.05) is 11.1 Å². The zero-order valence-corrected chi connectivity index (χ0v) is 9.17. The second kappa shape index (κ2) is 4.44. The van der Waals surface area contributed by atoms with Gasteiger partial charge in [-0.05, 0) is 19.8 Å². The summed E-state index contributed by atoms with van der Waals surface area (Å²) in [4.78, 5) is 19.2. The average Bonchev–Trinajstić information content (AvgIpc) is 2.95. The van der Waals surface area contributed by atoms with Gasteiger partial charge in [-0.2, -0.15) is 0 Å². The fraction of sp³-hybridized carbons (Fsp3) is 0.444. The van der Waals surface area contributed by atoms with E-state index in [0.717, 1.165) is 18.4 Å². The monoisotopic (exact) mass is 228 g/mol. The van der Waals surface area contributed by atoms with Gasteiger partial charge in [0.1, 0.15) is 18.0 Å². The van der Waals surface area contributed by atoms with Gasteiger partial charge in [0.05, 0.1) is 0 Å². The van der Waals surface area contributed by atoms with Gasteiger partial charge in [0, 0.05) is 11.5 Å². The van der Waals surface area contributed by atoms with Gasteiger partial charge < -0.3 is 11.1 Å². The lowest BCUT2D eigenvalue weighted by atomic mass is 10.3. The Morgan fingerprint density at radius 3 is 2.80 bits per heavy atom. The van der Waals surface area contributed by atoms with E-state index in [4.69, 9.17) is 5.73 Å². The molecule has 5 nitrogen and oxygen atoms in total. The fourth-order valence-electron chi connectivity index (χ4n) is 1.15. The molecule has 0 radical (unpaired) electrons. The Kier molecular flexibility index (Phi) is 3.47. The summed E-state index contributed by atoms with van der Waals surface area (Å²) in [7, 11) is 0. The van der Waals surface area contributed by atoms with Crippen LogP contribution in [0.1, 0.15) is 18.4 Å². The third kappa shape index (κ3) is 2.56. The van der Waals surface area contributed by atoms with E-state index < -0.39 is 0 Å². The normalized spacial score (nSPS) is 14.2. The van der Waals surface area contributed by atoms with Crippen molar-refractivity contribution in [1.82, 2.24) is 9.97 Å². The maximum absolute atomic E-state index is 11.4.